The number of benzene rings is 1. The van der Waals surface area contributed by atoms with E-state index < -0.39 is 5.97 Å². The molecule has 0 aromatic heterocycles. The van der Waals surface area contributed by atoms with Crippen LogP contribution >= 0.6 is 0 Å². The molecule has 2 rings (SSSR count). The fraction of sp³-hybridized carbons (Fsp3) is 0.533. The lowest BCUT2D eigenvalue weighted by Gasteiger charge is -2.26. The van der Waals surface area contributed by atoms with Crippen LogP contribution in [0.1, 0.15) is 24.0 Å². The van der Waals surface area contributed by atoms with Crippen LogP contribution in [0.15, 0.2) is 24.3 Å². The molecule has 1 aliphatic heterocycles. The molecule has 1 aromatic carbocycles. The first kappa shape index (κ1) is 14.0. The van der Waals surface area contributed by atoms with Crippen LogP contribution in [0.5, 0.6) is 0 Å². The number of rotatable bonds is 6. The number of hydrogen-bond acceptors (Lipinski definition) is 3. The quantitative estimate of drug-likeness (QED) is 0.852. The summed E-state index contributed by atoms with van der Waals surface area (Å²) in [6.07, 6.45) is 1.79. The molecule has 0 atom stereocenters. The van der Waals surface area contributed by atoms with E-state index in [-0.39, 0.29) is 6.42 Å². The second-order valence-corrected chi connectivity index (χ2v) is 4.96. The van der Waals surface area contributed by atoms with Crippen molar-refractivity contribution in [1.29, 1.82) is 0 Å². The lowest BCUT2D eigenvalue weighted by atomic mass is 10.0. The fourth-order valence-corrected chi connectivity index (χ4v) is 2.34. The monoisotopic (exact) mass is 263 g/mol. The number of hydrogen-bond donors (Lipinski definition) is 1. The molecule has 0 radical (unpaired) electrons. The van der Waals surface area contributed by atoms with E-state index in [2.05, 4.69) is 29.2 Å². The smallest absolute Gasteiger partial charge is 0.303 e. The normalized spacial score (nSPS) is 16.4. The summed E-state index contributed by atoms with van der Waals surface area (Å²) in [6, 6.07) is 8.46. The minimum absolute atomic E-state index is 0.244. The zero-order valence-corrected chi connectivity index (χ0v) is 11.2. The topological polar surface area (TPSA) is 49.8 Å². The number of carbonyl (C=O) groups is 1. The zero-order chi connectivity index (χ0) is 13.5. The summed E-state index contributed by atoms with van der Waals surface area (Å²) in [7, 11) is 0. The molecule has 0 aliphatic carbocycles. The molecule has 1 aromatic rings. The van der Waals surface area contributed by atoms with Gasteiger partial charge in [0.2, 0.25) is 0 Å². The maximum absolute atomic E-state index is 10.5. The van der Waals surface area contributed by atoms with E-state index in [9.17, 15) is 4.79 Å². The summed E-state index contributed by atoms with van der Waals surface area (Å²) in [6.45, 7) is 4.57. The molecule has 1 fully saturated rings. The van der Waals surface area contributed by atoms with E-state index in [1.807, 2.05) is 0 Å². The van der Waals surface area contributed by atoms with Crippen molar-refractivity contribution >= 4 is 5.97 Å². The highest BCUT2D eigenvalue weighted by Gasteiger charge is 2.10. The zero-order valence-electron chi connectivity index (χ0n) is 11.2. The van der Waals surface area contributed by atoms with Gasteiger partial charge in [-0.15, -0.1) is 0 Å². The van der Waals surface area contributed by atoms with Gasteiger partial charge in [-0.2, -0.15) is 0 Å². The fourth-order valence-electron chi connectivity index (χ4n) is 2.34. The molecular weight excluding hydrogens is 242 g/mol. The highest BCUT2D eigenvalue weighted by Crippen LogP contribution is 2.12. The van der Waals surface area contributed by atoms with Crippen LogP contribution in [-0.4, -0.2) is 42.3 Å². The van der Waals surface area contributed by atoms with E-state index in [4.69, 9.17) is 9.84 Å². The summed E-state index contributed by atoms with van der Waals surface area (Å²) < 4.78 is 5.34. The van der Waals surface area contributed by atoms with Crippen molar-refractivity contribution in [3.8, 4) is 0 Å². The first-order valence-electron chi connectivity index (χ1n) is 6.84. The van der Waals surface area contributed by atoms with Crippen LogP contribution < -0.4 is 0 Å². The lowest BCUT2D eigenvalue weighted by Crippen LogP contribution is -2.35. The molecule has 0 amide bonds. The maximum atomic E-state index is 10.5. The summed E-state index contributed by atoms with van der Waals surface area (Å²) >= 11 is 0. The van der Waals surface area contributed by atoms with Gasteiger partial charge in [0.15, 0.2) is 0 Å². The second kappa shape index (κ2) is 7.26. The number of morpholine rings is 1. The third kappa shape index (κ3) is 5.01. The van der Waals surface area contributed by atoms with E-state index in [0.717, 1.165) is 39.3 Å². The number of aliphatic carboxylic acids is 1. The van der Waals surface area contributed by atoms with Crippen molar-refractivity contribution in [2.45, 2.75) is 25.8 Å². The minimum Gasteiger partial charge on any atom is -0.481 e. The average molecular weight is 263 g/mol. The van der Waals surface area contributed by atoms with Crippen LogP contribution in [0.4, 0.5) is 0 Å². The van der Waals surface area contributed by atoms with Gasteiger partial charge in [-0.1, -0.05) is 24.3 Å². The third-order valence-electron chi connectivity index (χ3n) is 3.36. The van der Waals surface area contributed by atoms with Gasteiger partial charge in [0.05, 0.1) is 13.2 Å². The average Bonchev–Trinajstić information content (AvgIpc) is 2.40. The second-order valence-electron chi connectivity index (χ2n) is 4.96. The van der Waals surface area contributed by atoms with E-state index >= 15 is 0 Å². The van der Waals surface area contributed by atoms with E-state index in [1.165, 1.54) is 11.1 Å². The number of aryl methyl sites for hydroxylation is 1. The molecule has 1 aliphatic rings. The predicted octanol–water partition coefficient (Wildman–Crippen LogP) is 1.93. The molecule has 0 unspecified atom stereocenters. The van der Waals surface area contributed by atoms with Gasteiger partial charge in [-0.3, -0.25) is 9.69 Å². The van der Waals surface area contributed by atoms with Crippen molar-refractivity contribution in [3.63, 3.8) is 0 Å². The number of carboxylic acid groups (broad SMARTS) is 1. The molecule has 1 saturated heterocycles. The Morgan fingerprint density at radius 1 is 1.26 bits per heavy atom. The first-order valence-corrected chi connectivity index (χ1v) is 6.84. The Kier molecular flexibility index (Phi) is 5.36. The molecule has 4 heteroatoms. The molecular formula is C15H21NO3. The largest absolute Gasteiger partial charge is 0.481 e. The highest BCUT2D eigenvalue weighted by atomic mass is 16.5. The molecule has 1 N–H and O–H groups in total. The van der Waals surface area contributed by atoms with Gasteiger partial charge in [-0.05, 0) is 24.0 Å². The molecule has 1 heterocycles. The number of ether oxygens (including phenoxy) is 1. The molecule has 0 bridgehead atoms. The van der Waals surface area contributed by atoms with Gasteiger partial charge < -0.3 is 9.84 Å². The van der Waals surface area contributed by atoms with Gasteiger partial charge in [0.25, 0.3) is 0 Å². The van der Waals surface area contributed by atoms with Crippen LogP contribution in [0.25, 0.3) is 0 Å². The Labute approximate surface area is 114 Å². The highest BCUT2D eigenvalue weighted by molar-refractivity contribution is 5.66. The van der Waals surface area contributed by atoms with Crippen LogP contribution in [0, 0.1) is 0 Å². The van der Waals surface area contributed by atoms with Crippen LogP contribution in [-0.2, 0) is 22.5 Å². The first-order chi connectivity index (χ1) is 9.24. The maximum Gasteiger partial charge on any atom is 0.303 e. The predicted molar refractivity (Wildman–Crippen MR) is 73.1 cm³/mol. The molecule has 19 heavy (non-hydrogen) atoms. The SMILES string of the molecule is O=C(O)CCCc1cccc(CN2CCOCC2)c1. The van der Waals surface area contributed by atoms with E-state index in [0.29, 0.717) is 6.42 Å². The lowest BCUT2D eigenvalue weighted by molar-refractivity contribution is -0.137. The molecule has 104 valence electrons. The van der Waals surface area contributed by atoms with Crippen molar-refractivity contribution in [2.75, 3.05) is 26.3 Å². The third-order valence-corrected chi connectivity index (χ3v) is 3.36. The number of carboxylic acids is 1. The van der Waals surface area contributed by atoms with Crippen molar-refractivity contribution < 1.29 is 14.6 Å². The number of nitrogens with zero attached hydrogens (tertiary/aromatic N) is 1. The van der Waals surface area contributed by atoms with Crippen LogP contribution in [0.2, 0.25) is 0 Å². The standard InChI is InChI=1S/C15H21NO3/c17-15(18)6-2-4-13-3-1-5-14(11-13)12-16-7-9-19-10-8-16/h1,3,5,11H,2,4,6-10,12H2,(H,17,18). The van der Waals surface area contributed by atoms with E-state index in [1.54, 1.807) is 0 Å². The Hall–Kier alpha value is -1.39. The Morgan fingerprint density at radius 3 is 2.74 bits per heavy atom. The van der Waals surface area contributed by atoms with Crippen molar-refractivity contribution in [1.82, 2.24) is 4.90 Å². The molecule has 0 saturated carbocycles. The van der Waals surface area contributed by atoms with Crippen LogP contribution in [0.3, 0.4) is 0 Å². The van der Waals surface area contributed by atoms with Crippen molar-refractivity contribution in [3.05, 3.63) is 35.4 Å². The van der Waals surface area contributed by atoms with Gasteiger partial charge in [0.1, 0.15) is 0 Å². The van der Waals surface area contributed by atoms with Crippen molar-refractivity contribution in [2.24, 2.45) is 0 Å². The minimum atomic E-state index is -0.718. The van der Waals surface area contributed by atoms with Gasteiger partial charge in [0, 0.05) is 26.1 Å². The summed E-state index contributed by atoms with van der Waals surface area (Å²) in [4.78, 5) is 12.9. The Bertz CT molecular complexity index is 414. The Balaban J connectivity index is 1.85. The summed E-state index contributed by atoms with van der Waals surface area (Å²) in [5.74, 6) is -0.718. The summed E-state index contributed by atoms with van der Waals surface area (Å²) in [5, 5.41) is 8.64. The molecule has 0 spiro atoms. The molecule has 4 nitrogen and oxygen atoms in total. The summed E-state index contributed by atoms with van der Waals surface area (Å²) in [5.41, 5.74) is 2.53. The van der Waals surface area contributed by atoms with Gasteiger partial charge >= 0.3 is 5.97 Å². The Morgan fingerprint density at radius 2 is 2.00 bits per heavy atom. The van der Waals surface area contributed by atoms with Gasteiger partial charge in [-0.25, -0.2) is 0 Å².